The standard InChI is InChI=1S/C29H28N6O4S/c1-2-23(36)32-19-10-6-7-11-20(19)33-27(37)26-25-24-21(14-15-30-28(24)40-26)35(29(38)34-25)22-13-12-18(16-31-22)39-17-8-4-3-5-9-17/h2-5,8-9,12-16,19-20,27,33,37H,1,6-7,10-11H2,(H,32,36)(H,34,38)/t19-,20-,27?/m1/s1. The van der Waals surface area contributed by atoms with Gasteiger partial charge in [-0.05, 0) is 49.2 Å². The summed E-state index contributed by atoms with van der Waals surface area (Å²) in [6.45, 7) is 3.54. The molecule has 1 aliphatic carbocycles. The number of nitrogens with zero attached hydrogens (tertiary/aromatic N) is 3. The highest BCUT2D eigenvalue weighted by molar-refractivity contribution is 7.19. The van der Waals surface area contributed by atoms with Gasteiger partial charge in [-0.1, -0.05) is 37.6 Å². The Morgan fingerprint density at radius 3 is 2.67 bits per heavy atom. The van der Waals surface area contributed by atoms with Gasteiger partial charge in [0, 0.05) is 18.3 Å². The Bertz CT molecular complexity index is 1560. The van der Waals surface area contributed by atoms with Gasteiger partial charge in [-0.2, -0.15) is 0 Å². The monoisotopic (exact) mass is 556 g/mol. The van der Waals surface area contributed by atoms with Crippen molar-refractivity contribution in [3.8, 4) is 11.5 Å². The molecule has 4 N–H and O–H groups in total. The van der Waals surface area contributed by atoms with Gasteiger partial charge in [0.1, 0.15) is 28.4 Å². The van der Waals surface area contributed by atoms with Crippen LogP contribution in [0.25, 0.3) is 10.2 Å². The second-order valence-electron chi connectivity index (χ2n) is 9.66. The van der Waals surface area contributed by atoms with E-state index in [1.807, 2.05) is 30.3 Å². The number of carbonyl (C=O) groups is 2. The van der Waals surface area contributed by atoms with E-state index in [-0.39, 0.29) is 18.0 Å². The molecule has 4 aromatic rings. The van der Waals surface area contributed by atoms with Gasteiger partial charge in [-0.25, -0.2) is 19.7 Å². The number of benzene rings is 1. The van der Waals surface area contributed by atoms with Crippen LogP contribution in [0.5, 0.6) is 11.5 Å². The number of urea groups is 1. The molecule has 0 radical (unpaired) electrons. The first-order valence-electron chi connectivity index (χ1n) is 13.1. The number of anilines is 3. The molecule has 1 fully saturated rings. The zero-order valence-electron chi connectivity index (χ0n) is 21.5. The summed E-state index contributed by atoms with van der Waals surface area (Å²) in [7, 11) is 0. The van der Waals surface area contributed by atoms with Gasteiger partial charge in [0.15, 0.2) is 0 Å². The average molecular weight is 557 g/mol. The number of hydrogen-bond acceptors (Lipinski definition) is 8. The number of nitrogens with one attached hydrogen (secondary N) is 3. The van der Waals surface area contributed by atoms with Crippen LogP contribution in [0.2, 0.25) is 0 Å². The van der Waals surface area contributed by atoms with Crippen molar-refractivity contribution in [2.24, 2.45) is 0 Å². The van der Waals surface area contributed by atoms with Gasteiger partial charge in [-0.15, -0.1) is 11.3 Å². The maximum absolute atomic E-state index is 13.4. The summed E-state index contributed by atoms with van der Waals surface area (Å²) in [5, 5.41) is 21.2. The molecule has 0 spiro atoms. The Morgan fingerprint density at radius 2 is 1.93 bits per heavy atom. The lowest BCUT2D eigenvalue weighted by atomic mass is 9.90. The quantitative estimate of drug-likeness (QED) is 0.170. The van der Waals surface area contributed by atoms with E-state index in [1.54, 1.807) is 30.6 Å². The molecule has 1 saturated carbocycles. The zero-order valence-corrected chi connectivity index (χ0v) is 22.4. The Balaban J connectivity index is 1.27. The van der Waals surface area contributed by atoms with E-state index in [9.17, 15) is 14.7 Å². The summed E-state index contributed by atoms with van der Waals surface area (Å²) >= 11 is 1.31. The summed E-state index contributed by atoms with van der Waals surface area (Å²) in [6.07, 6.45) is 7.00. The average Bonchev–Trinajstić information content (AvgIpc) is 3.35. The van der Waals surface area contributed by atoms with Crippen LogP contribution >= 0.6 is 11.3 Å². The fourth-order valence-electron chi connectivity index (χ4n) is 5.24. The first-order valence-corrected chi connectivity index (χ1v) is 13.9. The molecule has 204 valence electrons. The molecule has 1 unspecified atom stereocenters. The van der Waals surface area contributed by atoms with Crippen LogP contribution in [-0.4, -0.2) is 39.1 Å². The molecule has 10 nitrogen and oxygen atoms in total. The van der Waals surface area contributed by atoms with Gasteiger partial charge >= 0.3 is 6.03 Å². The largest absolute Gasteiger partial charge is 0.456 e. The van der Waals surface area contributed by atoms with Gasteiger partial charge in [-0.3, -0.25) is 10.1 Å². The van der Waals surface area contributed by atoms with Crippen LogP contribution in [0.15, 0.2) is 73.6 Å². The van der Waals surface area contributed by atoms with E-state index in [2.05, 4.69) is 32.5 Å². The lowest BCUT2D eigenvalue weighted by molar-refractivity contribution is -0.117. The van der Waals surface area contributed by atoms with Gasteiger partial charge < -0.3 is 20.5 Å². The van der Waals surface area contributed by atoms with Crippen LogP contribution in [0.3, 0.4) is 0 Å². The molecule has 1 aromatic carbocycles. The second-order valence-corrected chi connectivity index (χ2v) is 10.7. The van der Waals surface area contributed by atoms with Crippen molar-refractivity contribution in [1.29, 1.82) is 0 Å². The Labute approximate surface area is 234 Å². The summed E-state index contributed by atoms with van der Waals surface area (Å²) in [4.78, 5) is 37.1. The third-order valence-corrected chi connectivity index (χ3v) is 8.25. The minimum absolute atomic E-state index is 0.127. The number of aliphatic hydroxyl groups excluding tert-OH is 1. The highest BCUT2D eigenvalue weighted by Gasteiger charge is 2.35. The molecule has 40 heavy (non-hydrogen) atoms. The Kier molecular flexibility index (Phi) is 7.16. The maximum atomic E-state index is 13.4. The molecule has 0 saturated heterocycles. The first kappa shape index (κ1) is 25.9. The smallest absolute Gasteiger partial charge is 0.332 e. The molecule has 3 atom stereocenters. The molecule has 3 amide bonds. The number of ether oxygens (including phenoxy) is 1. The normalized spacial score (nSPS) is 19.1. The zero-order chi connectivity index (χ0) is 27.6. The van der Waals surface area contributed by atoms with Crippen molar-refractivity contribution in [1.82, 2.24) is 20.6 Å². The Hall–Kier alpha value is -4.32. The van der Waals surface area contributed by atoms with Gasteiger partial charge in [0.2, 0.25) is 5.91 Å². The minimum Gasteiger partial charge on any atom is -0.456 e. The number of rotatable bonds is 8. The van der Waals surface area contributed by atoms with Crippen molar-refractivity contribution >= 4 is 50.7 Å². The Morgan fingerprint density at radius 1 is 1.12 bits per heavy atom. The van der Waals surface area contributed by atoms with E-state index in [0.29, 0.717) is 38.4 Å². The van der Waals surface area contributed by atoms with Crippen molar-refractivity contribution in [2.45, 2.75) is 44.0 Å². The van der Waals surface area contributed by atoms with E-state index < -0.39 is 12.3 Å². The topological polar surface area (TPSA) is 129 Å². The SMILES string of the molecule is C=CC(=O)N[C@@H]1CCCC[C@H]1NC(O)c1sc2nccc3c2c1NC(=O)N3c1ccc(Oc2ccccc2)cn1. The molecule has 0 bridgehead atoms. The number of thiophene rings is 1. The maximum Gasteiger partial charge on any atom is 0.332 e. The number of pyridine rings is 2. The number of carbonyl (C=O) groups excluding carboxylic acids is 2. The van der Waals surface area contributed by atoms with Crippen LogP contribution in [0.1, 0.15) is 36.8 Å². The lowest BCUT2D eigenvalue weighted by Crippen LogP contribution is -2.52. The predicted octanol–water partition coefficient (Wildman–Crippen LogP) is 5.36. The summed E-state index contributed by atoms with van der Waals surface area (Å²) in [5.41, 5.74) is 1.15. The molecule has 6 rings (SSSR count). The van der Waals surface area contributed by atoms with Crippen LogP contribution in [-0.2, 0) is 4.79 Å². The van der Waals surface area contributed by atoms with E-state index >= 15 is 0 Å². The fraction of sp³-hybridized carbons (Fsp3) is 0.241. The van der Waals surface area contributed by atoms with Gasteiger partial charge in [0.25, 0.3) is 0 Å². The molecule has 2 aliphatic rings. The van der Waals surface area contributed by atoms with Crippen LogP contribution < -0.4 is 25.6 Å². The molecule has 11 heteroatoms. The van der Waals surface area contributed by atoms with Crippen molar-refractivity contribution in [2.75, 3.05) is 10.2 Å². The first-order chi connectivity index (χ1) is 19.5. The number of para-hydroxylation sites is 1. The molecule has 4 heterocycles. The van der Waals surface area contributed by atoms with E-state index in [0.717, 1.165) is 31.1 Å². The predicted molar refractivity (Wildman–Crippen MR) is 154 cm³/mol. The van der Waals surface area contributed by atoms with Gasteiger partial charge in [0.05, 0.1) is 27.8 Å². The lowest BCUT2D eigenvalue weighted by Gasteiger charge is -2.34. The minimum atomic E-state index is -1.06. The summed E-state index contributed by atoms with van der Waals surface area (Å²) < 4.78 is 5.84. The highest BCUT2D eigenvalue weighted by atomic mass is 32.1. The van der Waals surface area contributed by atoms with Crippen LogP contribution in [0, 0.1) is 0 Å². The fourth-order valence-corrected chi connectivity index (χ4v) is 6.30. The molecular weight excluding hydrogens is 528 g/mol. The number of amides is 3. The summed E-state index contributed by atoms with van der Waals surface area (Å²) in [6, 6.07) is 14.0. The van der Waals surface area contributed by atoms with Crippen molar-refractivity contribution in [3.63, 3.8) is 0 Å². The van der Waals surface area contributed by atoms with Crippen LogP contribution in [0.4, 0.5) is 22.0 Å². The third-order valence-electron chi connectivity index (χ3n) is 7.10. The molecule has 3 aromatic heterocycles. The van der Waals surface area contributed by atoms with E-state index in [1.165, 1.54) is 22.3 Å². The third kappa shape index (κ3) is 5.02. The second kappa shape index (κ2) is 11.0. The molecular formula is C29H28N6O4S. The summed E-state index contributed by atoms with van der Waals surface area (Å²) in [5.74, 6) is 1.42. The van der Waals surface area contributed by atoms with Crippen molar-refractivity contribution < 1.29 is 19.4 Å². The highest BCUT2D eigenvalue weighted by Crippen LogP contribution is 2.47. The van der Waals surface area contributed by atoms with Crippen molar-refractivity contribution in [3.05, 3.63) is 78.5 Å². The number of aliphatic hydroxyl groups is 1. The van der Waals surface area contributed by atoms with E-state index in [4.69, 9.17) is 4.74 Å². The number of hydrogen-bond donors (Lipinski definition) is 4. The number of aromatic nitrogens is 2. The molecule has 1 aliphatic heterocycles.